The fraction of sp³-hybridized carbons (Fsp3) is 1.00. The third-order valence-electron chi connectivity index (χ3n) is 1.49. The summed E-state index contributed by atoms with van der Waals surface area (Å²) in [4.78, 5) is 0. The van der Waals surface area contributed by atoms with Gasteiger partial charge in [-0.3, -0.25) is 0 Å². The van der Waals surface area contributed by atoms with Crippen molar-refractivity contribution < 1.29 is 44.3 Å². The summed E-state index contributed by atoms with van der Waals surface area (Å²) in [5, 5.41) is 0. The molecule has 0 heterocycles. The molecule has 0 aliphatic heterocycles. The maximum absolute atomic E-state index is 12.0. The third-order valence-corrected chi connectivity index (χ3v) is 1.49. The van der Waals surface area contributed by atoms with Crippen molar-refractivity contribution in [2.75, 3.05) is 6.61 Å². The Hall–Kier alpha value is -0.670. The van der Waals surface area contributed by atoms with Crippen LogP contribution in [0.1, 0.15) is 12.8 Å². The van der Waals surface area contributed by atoms with E-state index in [2.05, 4.69) is 4.74 Å². The molecule has 104 valence electrons. The summed E-state index contributed by atoms with van der Waals surface area (Å²) in [5.74, 6) is 0. The largest absolute Gasteiger partial charge is 0.414 e. The van der Waals surface area contributed by atoms with Crippen LogP contribution in [0.5, 0.6) is 0 Å². The van der Waals surface area contributed by atoms with Gasteiger partial charge < -0.3 is 4.74 Å². The highest BCUT2D eigenvalue weighted by Crippen LogP contribution is 2.33. The lowest BCUT2D eigenvalue weighted by Crippen LogP contribution is -2.36. The molecule has 0 aromatic carbocycles. The molecule has 0 saturated carbocycles. The smallest absolute Gasteiger partial charge is 0.368 e. The van der Waals surface area contributed by atoms with Gasteiger partial charge in [-0.05, 0) is 0 Å². The monoisotopic (exact) mass is 278 g/mol. The lowest BCUT2D eigenvalue weighted by molar-refractivity contribution is -0.260. The van der Waals surface area contributed by atoms with E-state index in [1.807, 2.05) is 0 Å². The molecule has 0 rings (SSSR count). The van der Waals surface area contributed by atoms with Gasteiger partial charge >= 0.3 is 18.5 Å². The molecule has 0 fully saturated rings. The summed E-state index contributed by atoms with van der Waals surface area (Å²) in [5.41, 5.74) is 0. The van der Waals surface area contributed by atoms with Gasteiger partial charge in [-0.15, -0.1) is 0 Å². The molecule has 0 N–H and O–H groups in total. The first kappa shape index (κ1) is 16.3. The molecule has 0 amide bonds. The molecule has 1 unspecified atom stereocenters. The molecule has 0 aromatic heterocycles. The van der Waals surface area contributed by atoms with Gasteiger partial charge in [0, 0.05) is 0 Å². The first-order valence-corrected chi connectivity index (χ1v) is 4.13. The average molecular weight is 278 g/mol. The summed E-state index contributed by atoms with van der Waals surface area (Å²) in [6, 6.07) is 0. The predicted octanol–water partition coefficient (Wildman–Crippen LogP) is 3.84. The van der Waals surface area contributed by atoms with Crippen molar-refractivity contribution >= 4 is 0 Å². The molecule has 0 aliphatic rings. The van der Waals surface area contributed by atoms with E-state index in [0.29, 0.717) is 0 Å². The molecule has 17 heavy (non-hydrogen) atoms. The van der Waals surface area contributed by atoms with Crippen LogP contribution in [0, 0.1) is 0 Å². The Balaban J connectivity index is 4.33. The number of hydrogen-bond donors (Lipinski definition) is 0. The Morgan fingerprint density at radius 2 is 1.24 bits per heavy atom. The van der Waals surface area contributed by atoms with E-state index in [1.165, 1.54) is 0 Å². The van der Waals surface area contributed by atoms with Crippen molar-refractivity contribution in [3.8, 4) is 0 Å². The number of rotatable bonds is 4. The molecule has 0 saturated heterocycles. The van der Waals surface area contributed by atoms with Crippen LogP contribution in [0.4, 0.5) is 39.5 Å². The minimum absolute atomic E-state index is 1.47. The number of hydrogen-bond acceptors (Lipinski definition) is 1. The Bertz CT molecular complexity index is 225. The molecule has 0 bridgehead atoms. The van der Waals surface area contributed by atoms with E-state index in [9.17, 15) is 39.5 Å². The van der Waals surface area contributed by atoms with E-state index >= 15 is 0 Å². The van der Waals surface area contributed by atoms with Crippen LogP contribution in [-0.4, -0.2) is 31.2 Å². The first-order chi connectivity index (χ1) is 7.31. The molecule has 0 radical (unpaired) electrons. The fourth-order valence-electron chi connectivity index (χ4n) is 0.796. The van der Waals surface area contributed by atoms with E-state index in [1.54, 1.807) is 0 Å². The van der Waals surface area contributed by atoms with Crippen LogP contribution in [-0.2, 0) is 4.74 Å². The van der Waals surface area contributed by atoms with Crippen molar-refractivity contribution in [3.63, 3.8) is 0 Å². The van der Waals surface area contributed by atoms with Gasteiger partial charge in [-0.25, -0.2) is 0 Å². The van der Waals surface area contributed by atoms with Crippen molar-refractivity contribution in [1.29, 1.82) is 0 Å². The Labute approximate surface area is 89.5 Å². The summed E-state index contributed by atoms with van der Waals surface area (Å²) < 4.78 is 109. The Kier molecular flexibility index (Phi) is 5.11. The quantitative estimate of drug-likeness (QED) is 0.710. The van der Waals surface area contributed by atoms with Crippen LogP contribution in [0.25, 0.3) is 0 Å². The highest BCUT2D eigenvalue weighted by molar-refractivity contribution is 4.72. The van der Waals surface area contributed by atoms with Gasteiger partial charge in [-0.1, -0.05) is 0 Å². The maximum atomic E-state index is 12.0. The lowest BCUT2D eigenvalue weighted by Gasteiger charge is -2.22. The number of halogens is 9. The second-order valence-electron chi connectivity index (χ2n) is 3.09. The van der Waals surface area contributed by atoms with Crippen LogP contribution < -0.4 is 0 Å². The lowest BCUT2D eigenvalue weighted by atomic mass is 10.2. The van der Waals surface area contributed by atoms with Crippen LogP contribution >= 0.6 is 0 Å². The van der Waals surface area contributed by atoms with E-state index < -0.39 is 44.1 Å². The molecule has 1 nitrogen and oxygen atoms in total. The molecule has 0 aromatic rings. The van der Waals surface area contributed by atoms with Crippen molar-refractivity contribution in [2.24, 2.45) is 0 Å². The Morgan fingerprint density at radius 3 is 1.53 bits per heavy atom. The summed E-state index contributed by atoms with van der Waals surface area (Å²) in [6.45, 7) is -1.47. The minimum atomic E-state index is -5.36. The minimum Gasteiger partial charge on any atom is -0.368 e. The highest BCUT2D eigenvalue weighted by Gasteiger charge is 2.47. The average Bonchev–Trinajstić information content (AvgIpc) is 1.95. The zero-order valence-corrected chi connectivity index (χ0v) is 8.01. The van der Waals surface area contributed by atoms with Gasteiger partial charge in [0.25, 0.3) is 0 Å². The summed E-state index contributed by atoms with van der Waals surface area (Å²) in [7, 11) is 0. The first-order valence-electron chi connectivity index (χ1n) is 4.13. The van der Waals surface area contributed by atoms with Crippen LogP contribution in [0.15, 0.2) is 0 Å². The third kappa shape index (κ3) is 9.07. The summed E-state index contributed by atoms with van der Waals surface area (Å²) >= 11 is 0. The predicted molar refractivity (Wildman–Crippen MR) is 37.1 cm³/mol. The second-order valence-corrected chi connectivity index (χ2v) is 3.09. The molecular weight excluding hydrogens is 271 g/mol. The maximum Gasteiger partial charge on any atom is 0.414 e. The normalized spacial score (nSPS) is 16.1. The van der Waals surface area contributed by atoms with Crippen LogP contribution in [0.2, 0.25) is 0 Å². The molecular formula is C7H7F9O. The van der Waals surface area contributed by atoms with Gasteiger partial charge in [-0.2, -0.15) is 39.5 Å². The van der Waals surface area contributed by atoms with E-state index in [-0.39, 0.29) is 0 Å². The topological polar surface area (TPSA) is 9.23 Å². The SMILES string of the molecule is FC(F)(F)CCOC(CC(F)(F)F)C(F)(F)F. The summed E-state index contributed by atoms with van der Waals surface area (Å²) in [6.07, 6.45) is -22.7. The van der Waals surface area contributed by atoms with Crippen molar-refractivity contribution in [2.45, 2.75) is 37.5 Å². The zero-order valence-electron chi connectivity index (χ0n) is 8.01. The van der Waals surface area contributed by atoms with Gasteiger partial charge in [0.2, 0.25) is 0 Å². The van der Waals surface area contributed by atoms with Gasteiger partial charge in [0.1, 0.15) is 0 Å². The highest BCUT2D eigenvalue weighted by atomic mass is 19.4. The fourth-order valence-corrected chi connectivity index (χ4v) is 0.796. The number of alkyl halides is 9. The molecule has 0 aliphatic carbocycles. The van der Waals surface area contributed by atoms with E-state index in [4.69, 9.17) is 0 Å². The Morgan fingerprint density at radius 1 is 0.765 bits per heavy atom. The standard InChI is InChI=1S/C7H7F9O/c8-5(9,10)1-2-17-4(7(14,15)16)3-6(11,12)13/h4H,1-3H2. The van der Waals surface area contributed by atoms with Crippen molar-refractivity contribution in [1.82, 2.24) is 0 Å². The molecule has 1 atom stereocenters. The van der Waals surface area contributed by atoms with E-state index in [0.717, 1.165) is 0 Å². The number of ether oxygens (including phenoxy) is 1. The molecule has 10 heteroatoms. The van der Waals surface area contributed by atoms with Crippen molar-refractivity contribution in [3.05, 3.63) is 0 Å². The second kappa shape index (κ2) is 5.32. The zero-order chi connectivity index (χ0) is 13.9. The van der Waals surface area contributed by atoms with Crippen LogP contribution in [0.3, 0.4) is 0 Å². The van der Waals surface area contributed by atoms with Gasteiger partial charge in [0.15, 0.2) is 6.10 Å². The van der Waals surface area contributed by atoms with Gasteiger partial charge in [0.05, 0.1) is 19.4 Å². The molecule has 0 spiro atoms.